The number of aryl methyl sites for hydroxylation is 2. The molecule has 176 valence electrons. The highest BCUT2D eigenvalue weighted by atomic mass is 19.1. The summed E-state index contributed by atoms with van der Waals surface area (Å²) in [5.41, 5.74) is 11.4. The Morgan fingerprint density at radius 1 is 0.903 bits per heavy atom. The van der Waals surface area contributed by atoms with Crippen molar-refractivity contribution in [3.8, 4) is 11.1 Å². The van der Waals surface area contributed by atoms with Crippen LogP contribution in [0.15, 0.2) is 66.7 Å². The first kappa shape index (κ1) is 30.2. The van der Waals surface area contributed by atoms with Crippen LogP contribution in [0, 0.1) is 25.5 Å². The van der Waals surface area contributed by atoms with Crippen LogP contribution >= 0.6 is 0 Å². The molecule has 7 heteroatoms. The molecule has 0 aliphatic carbocycles. The molecule has 0 unspecified atom stereocenters. The summed E-state index contributed by atoms with van der Waals surface area (Å²) in [6, 6.07) is 19.3. The van der Waals surface area contributed by atoms with E-state index >= 15 is 0 Å². The van der Waals surface area contributed by atoms with Gasteiger partial charge in [0, 0.05) is 22.0 Å². The van der Waals surface area contributed by atoms with E-state index in [1.54, 1.807) is 30.3 Å². The highest BCUT2D eigenvalue weighted by Crippen LogP contribution is 2.24. The van der Waals surface area contributed by atoms with E-state index in [4.69, 9.17) is 16.4 Å². The van der Waals surface area contributed by atoms with Crippen LogP contribution in [-0.2, 0) is 11.3 Å². The van der Waals surface area contributed by atoms with Crippen molar-refractivity contribution in [3.63, 3.8) is 0 Å². The molecule has 0 radical (unpaired) electrons. The zero-order valence-corrected chi connectivity index (χ0v) is 18.3. The first-order chi connectivity index (χ1) is 14.4. The molecule has 0 heterocycles. The van der Waals surface area contributed by atoms with Crippen LogP contribution in [0.1, 0.15) is 27.9 Å². The fraction of sp³-hybridized carbons (Fsp3) is 0.208. The maximum atomic E-state index is 13.6. The van der Waals surface area contributed by atoms with E-state index in [-0.39, 0.29) is 27.9 Å². The number of rotatable bonds is 3. The SMILES string of the molecule is C=O.CCN.Cc1ccc(C)cc1.NNCc1cc(-c2ccccc2F)ccc1F.O.[HH].[HH].[HH]. The van der Waals surface area contributed by atoms with E-state index < -0.39 is 0 Å². The summed E-state index contributed by atoms with van der Waals surface area (Å²) in [6.07, 6.45) is 0. The molecule has 31 heavy (non-hydrogen) atoms. The molecule has 0 amide bonds. The van der Waals surface area contributed by atoms with E-state index in [2.05, 4.69) is 43.5 Å². The van der Waals surface area contributed by atoms with Gasteiger partial charge in [0.1, 0.15) is 18.4 Å². The summed E-state index contributed by atoms with van der Waals surface area (Å²) in [6.45, 7) is 9.05. The van der Waals surface area contributed by atoms with E-state index in [1.165, 1.54) is 23.3 Å². The maximum absolute atomic E-state index is 13.6. The van der Waals surface area contributed by atoms with Crippen LogP contribution in [0.4, 0.5) is 8.78 Å². The van der Waals surface area contributed by atoms with Gasteiger partial charge in [0.15, 0.2) is 0 Å². The van der Waals surface area contributed by atoms with Crippen LogP contribution in [0.5, 0.6) is 0 Å². The van der Waals surface area contributed by atoms with Gasteiger partial charge >= 0.3 is 0 Å². The van der Waals surface area contributed by atoms with Crippen LogP contribution in [0.2, 0.25) is 0 Å². The summed E-state index contributed by atoms with van der Waals surface area (Å²) in [4.78, 5) is 8.00. The smallest absolute Gasteiger partial charge is 0.131 e. The maximum Gasteiger partial charge on any atom is 0.131 e. The lowest BCUT2D eigenvalue weighted by Crippen LogP contribution is -2.21. The minimum atomic E-state index is -0.358. The second-order valence-electron chi connectivity index (χ2n) is 6.23. The first-order valence-electron chi connectivity index (χ1n) is 9.41. The van der Waals surface area contributed by atoms with Crippen molar-refractivity contribution in [2.45, 2.75) is 27.3 Å². The highest BCUT2D eigenvalue weighted by molar-refractivity contribution is 5.64. The largest absolute Gasteiger partial charge is 0.412 e. The molecule has 3 aromatic rings. The van der Waals surface area contributed by atoms with Gasteiger partial charge in [-0.1, -0.05) is 66.6 Å². The quantitative estimate of drug-likeness (QED) is 0.409. The Balaban J connectivity index is -0.000000141. The number of carbonyl (C=O) groups is 1. The van der Waals surface area contributed by atoms with E-state index in [0.717, 1.165) is 6.54 Å². The number of benzene rings is 3. The third-order valence-electron chi connectivity index (χ3n) is 3.74. The number of halogens is 2. The molecule has 0 aromatic heterocycles. The first-order valence-corrected chi connectivity index (χ1v) is 9.41. The fourth-order valence-electron chi connectivity index (χ4n) is 2.32. The van der Waals surface area contributed by atoms with E-state index in [9.17, 15) is 8.78 Å². The van der Waals surface area contributed by atoms with Crippen LogP contribution in [0.25, 0.3) is 11.1 Å². The number of nitrogens with one attached hydrogen (secondary N) is 1. The number of carbonyl (C=O) groups excluding carboxylic acids is 1. The summed E-state index contributed by atoms with van der Waals surface area (Å²) < 4.78 is 26.9. The van der Waals surface area contributed by atoms with Gasteiger partial charge in [-0.15, -0.1) is 0 Å². The van der Waals surface area contributed by atoms with Gasteiger partial charge in [-0.05, 0) is 44.2 Å². The Labute approximate surface area is 187 Å². The topological polar surface area (TPSA) is 113 Å². The van der Waals surface area contributed by atoms with Gasteiger partial charge < -0.3 is 16.0 Å². The molecular formula is C24H39F2N3O2. The van der Waals surface area contributed by atoms with Crippen molar-refractivity contribution >= 4 is 6.79 Å². The van der Waals surface area contributed by atoms with E-state index in [0.29, 0.717) is 16.7 Å². The molecule has 3 aromatic carbocycles. The molecule has 0 aliphatic rings. The molecule has 7 N–H and O–H groups in total. The van der Waals surface area contributed by atoms with Gasteiger partial charge in [0.05, 0.1) is 0 Å². The average molecular weight is 440 g/mol. The zero-order chi connectivity index (χ0) is 22.9. The molecule has 0 fully saturated rings. The van der Waals surface area contributed by atoms with Gasteiger partial charge in [-0.25, -0.2) is 8.78 Å². The van der Waals surface area contributed by atoms with Gasteiger partial charge in [0.2, 0.25) is 0 Å². The number of hydrogen-bond donors (Lipinski definition) is 3. The Hall–Kier alpha value is -2.97. The molecule has 0 bridgehead atoms. The third-order valence-corrected chi connectivity index (χ3v) is 3.74. The molecule has 0 atom stereocenters. The minimum absolute atomic E-state index is 0. The van der Waals surface area contributed by atoms with E-state index in [1.807, 2.05) is 13.7 Å². The number of hydrazine groups is 1. The van der Waals surface area contributed by atoms with Crippen LogP contribution < -0.4 is 17.0 Å². The number of hydrogen-bond acceptors (Lipinski definition) is 4. The Kier molecular flexibility index (Phi) is 17.4. The predicted octanol–water partition coefficient (Wildman–Crippen LogP) is 4.59. The Morgan fingerprint density at radius 2 is 1.39 bits per heavy atom. The average Bonchev–Trinajstić information content (AvgIpc) is 2.75. The molecule has 0 aliphatic heterocycles. The zero-order valence-electron chi connectivity index (χ0n) is 18.3. The van der Waals surface area contributed by atoms with Crippen molar-refractivity contribution in [3.05, 3.63) is 95.1 Å². The summed E-state index contributed by atoms with van der Waals surface area (Å²) >= 11 is 0. The Bertz CT molecular complexity index is 853. The lowest BCUT2D eigenvalue weighted by Gasteiger charge is -2.07. The van der Waals surface area contributed by atoms with Crippen LogP contribution in [-0.4, -0.2) is 18.8 Å². The van der Waals surface area contributed by atoms with Gasteiger partial charge in [-0.2, -0.15) is 0 Å². The van der Waals surface area contributed by atoms with Crippen molar-refractivity contribution in [2.24, 2.45) is 11.6 Å². The standard InChI is InChI=1S/C13H12F2N2.C8H10.C2H7N.CH2O.H2O.3H2/c14-12-6-5-9(7-10(12)8-17-16)11-3-1-2-4-13(11)15;1-7-3-5-8(2)6-4-7;1-2-3;1-2;;;;/h1-7,17H,8,16H2;3-6H,1-2H3;2-3H2,1H3;1H2;1H2;3*1H. The molecular weight excluding hydrogens is 400 g/mol. The van der Waals surface area contributed by atoms with Crippen molar-refractivity contribution < 1.29 is 23.3 Å². The second-order valence-corrected chi connectivity index (χ2v) is 6.23. The monoisotopic (exact) mass is 439 g/mol. The lowest BCUT2D eigenvalue weighted by atomic mass is 10.0. The molecule has 3 rings (SSSR count). The predicted molar refractivity (Wildman–Crippen MR) is 131 cm³/mol. The van der Waals surface area contributed by atoms with Crippen molar-refractivity contribution in [2.75, 3.05) is 6.54 Å². The van der Waals surface area contributed by atoms with Crippen LogP contribution in [0.3, 0.4) is 0 Å². The lowest BCUT2D eigenvalue weighted by molar-refractivity contribution is -0.0980. The molecule has 0 saturated carbocycles. The normalized spacial score (nSPS) is 8.87. The summed E-state index contributed by atoms with van der Waals surface area (Å²) in [5.74, 6) is 4.47. The molecule has 5 nitrogen and oxygen atoms in total. The third kappa shape index (κ3) is 11.7. The highest BCUT2D eigenvalue weighted by Gasteiger charge is 2.07. The summed E-state index contributed by atoms with van der Waals surface area (Å²) in [7, 11) is 0. The summed E-state index contributed by atoms with van der Waals surface area (Å²) in [5, 5.41) is 0. The van der Waals surface area contributed by atoms with Crippen molar-refractivity contribution in [1.82, 2.24) is 5.43 Å². The Morgan fingerprint density at radius 3 is 1.84 bits per heavy atom. The number of nitrogens with two attached hydrogens (primary N) is 2. The molecule has 0 saturated heterocycles. The molecule has 0 spiro atoms. The van der Waals surface area contributed by atoms with Crippen molar-refractivity contribution in [1.29, 1.82) is 0 Å². The van der Waals surface area contributed by atoms with Gasteiger partial charge in [-0.3, -0.25) is 11.3 Å². The fourth-order valence-corrected chi connectivity index (χ4v) is 2.32. The van der Waals surface area contributed by atoms with Gasteiger partial charge in [0.25, 0.3) is 0 Å². The second kappa shape index (κ2) is 17.9. The minimum Gasteiger partial charge on any atom is -0.412 e.